The number of rotatable bonds is 4. The van der Waals surface area contributed by atoms with E-state index >= 15 is 0 Å². The fourth-order valence-electron chi connectivity index (χ4n) is 3.03. The van der Waals surface area contributed by atoms with Crippen molar-refractivity contribution < 1.29 is 4.79 Å². The van der Waals surface area contributed by atoms with Gasteiger partial charge in [-0.2, -0.15) is 0 Å². The number of aromatic nitrogens is 1. The van der Waals surface area contributed by atoms with Crippen LogP contribution < -0.4 is 0 Å². The monoisotopic (exact) mass is 329 g/mol. The van der Waals surface area contributed by atoms with E-state index in [1.165, 1.54) is 15.4 Å². The van der Waals surface area contributed by atoms with Crippen LogP contribution in [0.4, 0.5) is 0 Å². The maximum absolute atomic E-state index is 11.5. The molecule has 1 fully saturated rings. The molecule has 3 rings (SSSR count). The van der Waals surface area contributed by atoms with Crippen LogP contribution in [0.2, 0.25) is 0 Å². The van der Waals surface area contributed by atoms with Gasteiger partial charge >= 0.3 is 0 Å². The standard InChI is InChI=1S/C18H23N3OS/c1-14(22)20(2)16-8-10-21(11-9-16)13-18-19-12-17(23-18)15-6-4-3-5-7-15/h3-7,12,16H,8-11,13H2,1-2H3. The van der Waals surface area contributed by atoms with Crippen LogP contribution in [0.1, 0.15) is 24.8 Å². The van der Waals surface area contributed by atoms with Crippen molar-refractivity contribution in [2.75, 3.05) is 20.1 Å². The molecular weight excluding hydrogens is 306 g/mol. The van der Waals surface area contributed by atoms with E-state index in [-0.39, 0.29) is 5.91 Å². The van der Waals surface area contributed by atoms with Crippen molar-refractivity contribution in [3.63, 3.8) is 0 Å². The van der Waals surface area contributed by atoms with Gasteiger partial charge in [-0.15, -0.1) is 11.3 Å². The Morgan fingerprint density at radius 2 is 2.00 bits per heavy atom. The zero-order valence-corrected chi connectivity index (χ0v) is 14.6. The lowest BCUT2D eigenvalue weighted by Crippen LogP contribution is -2.44. The lowest BCUT2D eigenvalue weighted by atomic mass is 10.0. The Morgan fingerprint density at radius 1 is 1.30 bits per heavy atom. The van der Waals surface area contributed by atoms with E-state index in [4.69, 9.17) is 0 Å². The first-order valence-electron chi connectivity index (χ1n) is 8.09. The van der Waals surface area contributed by atoms with E-state index in [2.05, 4.69) is 34.1 Å². The molecule has 0 aliphatic carbocycles. The highest BCUT2D eigenvalue weighted by atomic mass is 32.1. The first kappa shape index (κ1) is 16.1. The van der Waals surface area contributed by atoms with Crippen molar-refractivity contribution in [2.45, 2.75) is 32.4 Å². The molecule has 1 aromatic heterocycles. The summed E-state index contributed by atoms with van der Waals surface area (Å²) < 4.78 is 0. The summed E-state index contributed by atoms with van der Waals surface area (Å²) in [5.41, 5.74) is 1.23. The molecule has 0 unspecified atom stereocenters. The maximum atomic E-state index is 11.5. The zero-order chi connectivity index (χ0) is 16.2. The molecule has 0 bridgehead atoms. The Labute approximate surface area is 141 Å². The number of hydrogen-bond acceptors (Lipinski definition) is 4. The van der Waals surface area contributed by atoms with E-state index in [1.54, 1.807) is 18.3 Å². The number of piperidine rings is 1. The molecule has 5 heteroatoms. The Balaban J connectivity index is 1.55. The number of hydrogen-bond donors (Lipinski definition) is 0. The minimum Gasteiger partial charge on any atom is -0.343 e. The second-order valence-corrected chi connectivity index (χ2v) is 7.24. The normalized spacial score (nSPS) is 16.4. The van der Waals surface area contributed by atoms with Crippen LogP contribution in [-0.2, 0) is 11.3 Å². The van der Waals surface area contributed by atoms with Gasteiger partial charge < -0.3 is 4.90 Å². The third-order valence-corrected chi connectivity index (χ3v) is 5.60. The van der Waals surface area contributed by atoms with Crippen molar-refractivity contribution in [1.29, 1.82) is 0 Å². The minimum atomic E-state index is 0.163. The van der Waals surface area contributed by atoms with Gasteiger partial charge in [0.05, 0.1) is 11.4 Å². The van der Waals surface area contributed by atoms with Crippen LogP contribution in [0.5, 0.6) is 0 Å². The number of nitrogens with zero attached hydrogens (tertiary/aromatic N) is 3. The van der Waals surface area contributed by atoms with Crippen molar-refractivity contribution in [3.05, 3.63) is 41.5 Å². The molecule has 0 radical (unpaired) electrons. The number of carbonyl (C=O) groups is 1. The number of likely N-dealkylation sites (tertiary alicyclic amines) is 1. The Hall–Kier alpha value is -1.72. The summed E-state index contributed by atoms with van der Waals surface area (Å²) in [5, 5.41) is 1.17. The smallest absolute Gasteiger partial charge is 0.219 e. The quantitative estimate of drug-likeness (QED) is 0.864. The van der Waals surface area contributed by atoms with Crippen molar-refractivity contribution in [1.82, 2.24) is 14.8 Å². The van der Waals surface area contributed by atoms with E-state index < -0.39 is 0 Å². The van der Waals surface area contributed by atoms with E-state index in [1.807, 2.05) is 24.2 Å². The number of amides is 1. The molecule has 122 valence electrons. The summed E-state index contributed by atoms with van der Waals surface area (Å²) in [5.74, 6) is 0.163. The van der Waals surface area contributed by atoms with E-state index in [0.29, 0.717) is 6.04 Å². The average molecular weight is 329 g/mol. The van der Waals surface area contributed by atoms with Crippen molar-refractivity contribution in [2.24, 2.45) is 0 Å². The van der Waals surface area contributed by atoms with Gasteiger partial charge in [0, 0.05) is 39.3 Å². The molecule has 4 nitrogen and oxygen atoms in total. The van der Waals surface area contributed by atoms with Gasteiger partial charge in [0.25, 0.3) is 0 Å². The zero-order valence-electron chi connectivity index (χ0n) is 13.7. The number of benzene rings is 1. The first-order valence-corrected chi connectivity index (χ1v) is 8.91. The van der Waals surface area contributed by atoms with Crippen molar-refractivity contribution in [3.8, 4) is 10.4 Å². The van der Waals surface area contributed by atoms with Crippen LogP contribution in [0.3, 0.4) is 0 Å². The second-order valence-electron chi connectivity index (χ2n) is 6.12. The molecule has 2 heterocycles. The van der Waals surface area contributed by atoms with Crippen LogP contribution >= 0.6 is 11.3 Å². The minimum absolute atomic E-state index is 0.163. The summed E-state index contributed by atoms with van der Waals surface area (Å²) in [6, 6.07) is 10.8. The molecule has 1 aliphatic heterocycles. The Bertz CT molecular complexity index is 647. The fraction of sp³-hybridized carbons (Fsp3) is 0.444. The number of carbonyl (C=O) groups excluding carboxylic acids is 1. The highest BCUT2D eigenvalue weighted by Gasteiger charge is 2.24. The van der Waals surface area contributed by atoms with Gasteiger partial charge in [-0.3, -0.25) is 9.69 Å². The molecule has 1 aliphatic rings. The predicted molar refractivity (Wildman–Crippen MR) is 94.3 cm³/mol. The molecule has 2 aromatic rings. The highest BCUT2D eigenvalue weighted by Crippen LogP contribution is 2.27. The van der Waals surface area contributed by atoms with Gasteiger partial charge in [-0.25, -0.2) is 4.98 Å². The van der Waals surface area contributed by atoms with Crippen LogP contribution in [0.15, 0.2) is 36.5 Å². The lowest BCUT2D eigenvalue weighted by Gasteiger charge is -2.36. The fourth-order valence-corrected chi connectivity index (χ4v) is 4.00. The summed E-state index contributed by atoms with van der Waals surface area (Å²) in [7, 11) is 1.91. The predicted octanol–water partition coefficient (Wildman–Crippen LogP) is 3.25. The average Bonchev–Trinajstić information content (AvgIpc) is 3.04. The summed E-state index contributed by atoms with van der Waals surface area (Å²) >= 11 is 1.77. The largest absolute Gasteiger partial charge is 0.343 e. The Kier molecular flexibility index (Phi) is 5.08. The molecule has 1 amide bonds. The molecule has 0 spiro atoms. The first-order chi connectivity index (χ1) is 11.1. The van der Waals surface area contributed by atoms with Gasteiger partial charge in [0.1, 0.15) is 5.01 Å². The lowest BCUT2D eigenvalue weighted by molar-refractivity contribution is -0.130. The molecular formula is C18H23N3OS. The van der Waals surface area contributed by atoms with Gasteiger partial charge in [0.15, 0.2) is 0 Å². The second kappa shape index (κ2) is 7.23. The van der Waals surface area contributed by atoms with E-state index in [0.717, 1.165) is 32.5 Å². The third kappa shape index (κ3) is 3.98. The molecule has 1 aromatic carbocycles. The van der Waals surface area contributed by atoms with E-state index in [9.17, 15) is 4.79 Å². The maximum Gasteiger partial charge on any atom is 0.219 e. The molecule has 0 atom stereocenters. The molecule has 0 saturated carbocycles. The molecule has 1 saturated heterocycles. The van der Waals surface area contributed by atoms with Crippen LogP contribution in [0.25, 0.3) is 10.4 Å². The highest BCUT2D eigenvalue weighted by molar-refractivity contribution is 7.15. The van der Waals surface area contributed by atoms with Crippen molar-refractivity contribution >= 4 is 17.2 Å². The number of thiazole rings is 1. The molecule has 0 N–H and O–H groups in total. The third-order valence-electron chi connectivity index (χ3n) is 4.57. The molecule has 23 heavy (non-hydrogen) atoms. The SMILES string of the molecule is CC(=O)N(C)C1CCN(Cc2ncc(-c3ccccc3)s2)CC1. The summed E-state index contributed by atoms with van der Waals surface area (Å²) in [6.45, 7) is 4.62. The topological polar surface area (TPSA) is 36.4 Å². The van der Waals surface area contributed by atoms with Gasteiger partial charge in [-0.1, -0.05) is 30.3 Å². The van der Waals surface area contributed by atoms with Crippen LogP contribution in [-0.4, -0.2) is 46.9 Å². The van der Waals surface area contributed by atoms with Gasteiger partial charge in [-0.05, 0) is 18.4 Å². The summed E-state index contributed by atoms with van der Waals surface area (Å²) in [6.07, 6.45) is 4.08. The summed E-state index contributed by atoms with van der Waals surface area (Å²) in [4.78, 5) is 21.6. The Morgan fingerprint density at radius 3 is 2.65 bits per heavy atom. The van der Waals surface area contributed by atoms with Gasteiger partial charge in [0.2, 0.25) is 5.91 Å². The van der Waals surface area contributed by atoms with Crippen LogP contribution in [0, 0.1) is 0 Å².